The largest absolute Gasteiger partial charge is 0.476 e. The van der Waals surface area contributed by atoms with Gasteiger partial charge >= 0.3 is 6.18 Å². The van der Waals surface area contributed by atoms with Gasteiger partial charge in [0.15, 0.2) is 12.4 Å². The summed E-state index contributed by atoms with van der Waals surface area (Å²) >= 11 is 12.3. The second kappa shape index (κ2) is 9.40. The minimum atomic E-state index is -4.56. The second-order valence-corrected chi connectivity index (χ2v) is 7.97. The summed E-state index contributed by atoms with van der Waals surface area (Å²) in [6.07, 6.45) is -4.56. The van der Waals surface area contributed by atoms with Crippen molar-refractivity contribution in [3.63, 3.8) is 0 Å². The Morgan fingerprint density at radius 2 is 1.76 bits per heavy atom. The molecular formula is C24H14Cl2F3NO4. The van der Waals surface area contributed by atoms with Gasteiger partial charge in [0, 0.05) is 16.3 Å². The first kappa shape index (κ1) is 23.7. The molecule has 0 fully saturated rings. The fraction of sp³-hybridized carbons (Fsp3) is 0.0833. The Hall–Kier alpha value is -3.49. The molecule has 3 aromatic carbocycles. The van der Waals surface area contributed by atoms with E-state index in [0.717, 1.165) is 18.2 Å². The first-order valence-electron chi connectivity index (χ1n) is 9.74. The van der Waals surface area contributed by atoms with Crippen LogP contribution in [0.3, 0.4) is 0 Å². The van der Waals surface area contributed by atoms with E-state index in [0.29, 0.717) is 10.6 Å². The molecule has 0 radical (unpaired) electrons. The van der Waals surface area contributed by atoms with E-state index in [9.17, 15) is 22.8 Å². The van der Waals surface area contributed by atoms with Crippen LogP contribution in [0.4, 0.5) is 18.9 Å². The number of carbonyl (C=O) groups is 1. The number of hydrogen-bond acceptors (Lipinski definition) is 4. The number of anilines is 1. The van der Waals surface area contributed by atoms with Crippen LogP contribution in [0.2, 0.25) is 10.0 Å². The number of hydrogen-bond donors (Lipinski definition) is 1. The van der Waals surface area contributed by atoms with Gasteiger partial charge in [0.05, 0.1) is 16.0 Å². The minimum Gasteiger partial charge on any atom is -0.476 e. The molecule has 34 heavy (non-hydrogen) atoms. The van der Waals surface area contributed by atoms with Gasteiger partial charge in [-0.3, -0.25) is 9.59 Å². The van der Waals surface area contributed by atoms with Crippen molar-refractivity contribution in [1.29, 1.82) is 0 Å². The molecule has 0 saturated heterocycles. The molecule has 0 spiro atoms. The van der Waals surface area contributed by atoms with Crippen molar-refractivity contribution in [1.82, 2.24) is 0 Å². The summed E-state index contributed by atoms with van der Waals surface area (Å²) in [6.45, 7) is -0.676. The highest BCUT2D eigenvalue weighted by molar-refractivity contribution is 6.33. The van der Waals surface area contributed by atoms with Gasteiger partial charge in [0.25, 0.3) is 5.91 Å². The van der Waals surface area contributed by atoms with Gasteiger partial charge in [0.1, 0.15) is 5.58 Å². The van der Waals surface area contributed by atoms with E-state index in [1.807, 2.05) is 0 Å². The van der Waals surface area contributed by atoms with Crippen molar-refractivity contribution in [3.05, 3.63) is 92.6 Å². The van der Waals surface area contributed by atoms with Gasteiger partial charge in [0.2, 0.25) is 11.2 Å². The van der Waals surface area contributed by atoms with Crippen LogP contribution in [-0.4, -0.2) is 12.5 Å². The third kappa shape index (κ3) is 5.03. The van der Waals surface area contributed by atoms with Crippen LogP contribution in [0.25, 0.3) is 22.3 Å². The van der Waals surface area contributed by atoms with Crippen molar-refractivity contribution < 1.29 is 27.1 Å². The Bertz CT molecular complexity index is 1450. The normalized spacial score (nSPS) is 11.4. The Morgan fingerprint density at radius 1 is 1.00 bits per heavy atom. The van der Waals surface area contributed by atoms with Crippen LogP contribution in [0.1, 0.15) is 5.56 Å². The lowest BCUT2D eigenvalue weighted by Gasteiger charge is -2.13. The number of halogens is 5. The van der Waals surface area contributed by atoms with Gasteiger partial charge in [-0.25, -0.2) is 0 Å². The number of fused-ring (bicyclic) bond motifs is 1. The van der Waals surface area contributed by atoms with E-state index >= 15 is 0 Å². The average Bonchev–Trinajstić information content (AvgIpc) is 2.79. The Labute approximate surface area is 200 Å². The molecular weight excluding hydrogens is 494 g/mol. The maximum Gasteiger partial charge on any atom is 0.416 e. The molecule has 0 aliphatic carbocycles. The third-order valence-corrected chi connectivity index (χ3v) is 5.32. The summed E-state index contributed by atoms with van der Waals surface area (Å²) in [4.78, 5) is 25.6. The second-order valence-electron chi connectivity index (χ2n) is 7.13. The maximum absolute atomic E-state index is 13.2. The summed E-state index contributed by atoms with van der Waals surface area (Å²) in [6, 6.07) is 15.2. The van der Waals surface area contributed by atoms with Crippen molar-refractivity contribution in [2.24, 2.45) is 0 Å². The summed E-state index contributed by atoms with van der Waals surface area (Å²) in [5, 5.41) is 3.00. The Morgan fingerprint density at radius 3 is 2.50 bits per heavy atom. The van der Waals surface area contributed by atoms with Crippen LogP contribution >= 0.6 is 23.2 Å². The number of alkyl halides is 3. The first-order chi connectivity index (χ1) is 16.1. The van der Waals surface area contributed by atoms with E-state index in [1.54, 1.807) is 30.3 Å². The Balaban J connectivity index is 1.67. The molecule has 0 aliphatic heterocycles. The SMILES string of the molecule is O=C(COc1c(-c2ccccc2Cl)oc2ccc(Cl)cc2c1=O)Nc1cccc(C(F)(F)F)c1. The number of nitrogens with one attached hydrogen (secondary N) is 1. The van der Waals surface area contributed by atoms with Gasteiger partial charge < -0.3 is 14.5 Å². The van der Waals surface area contributed by atoms with Crippen molar-refractivity contribution in [2.45, 2.75) is 6.18 Å². The van der Waals surface area contributed by atoms with Crippen LogP contribution in [-0.2, 0) is 11.0 Å². The summed E-state index contributed by atoms with van der Waals surface area (Å²) < 4.78 is 50.1. The molecule has 5 nitrogen and oxygen atoms in total. The monoisotopic (exact) mass is 507 g/mol. The van der Waals surface area contributed by atoms with Crippen LogP contribution < -0.4 is 15.5 Å². The number of benzene rings is 3. The van der Waals surface area contributed by atoms with Crippen LogP contribution in [0.15, 0.2) is 75.9 Å². The van der Waals surface area contributed by atoms with E-state index < -0.39 is 29.7 Å². The molecule has 1 N–H and O–H groups in total. The molecule has 174 valence electrons. The molecule has 1 aromatic heterocycles. The van der Waals surface area contributed by atoms with Crippen molar-refractivity contribution in [3.8, 4) is 17.1 Å². The van der Waals surface area contributed by atoms with Crippen molar-refractivity contribution >= 4 is 45.8 Å². The van der Waals surface area contributed by atoms with Crippen molar-refractivity contribution in [2.75, 3.05) is 11.9 Å². The topological polar surface area (TPSA) is 68.5 Å². The fourth-order valence-corrected chi connectivity index (χ4v) is 3.61. The molecule has 4 aromatic rings. The van der Waals surface area contributed by atoms with E-state index in [-0.39, 0.29) is 33.2 Å². The zero-order valence-corrected chi connectivity index (χ0v) is 18.6. The molecule has 0 bridgehead atoms. The summed E-state index contributed by atoms with van der Waals surface area (Å²) in [7, 11) is 0. The number of amides is 1. The van der Waals surface area contributed by atoms with Crippen LogP contribution in [0.5, 0.6) is 5.75 Å². The molecule has 1 heterocycles. The minimum absolute atomic E-state index is 0.00251. The number of carbonyl (C=O) groups excluding carboxylic acids is 1. The standard InChI is InChI=1S/C24H14Cl2F3NO4/c25-14-8-9-19-17(11-14)21(32)23(22(34-19)16-6-1-2-7-18(16)26)33-12-20(31)30-15-5-3-4-13(10-15)24(27,28)29/h1-11H,12H2,(H,30,31). The predicted octanol–water partition coefficient (Wildman–Crippen LogP) is 6.80. The van der Waals surface area contributed by atoms with E-state index in [1.165, 1.54) is 18.2 Å². The van der Waals surface area contributed by atoms with Gasteiger partial charge in [-0.1, -0.05) is 41.4 Å². The van der Waals surface area contributed by atoms with E-state index in [4.69, 9.17) is 32.4 Å². The zero-order chi connectivity index (χ0) is 24.5. The summed E-state index contributed by atoms with van der Waals surface area (Å²) in [5.41, 5.74) is -1.01. The third-order valence-electron chi connectivity index (χ3n) is 4.75. The van der Waals surface area contributed by atoms with Gasteiger partial charge in [-0.15, -0.1) is 0 Å². The van der Waals surface area contributed by atoms with E-state index in [2.05, 4.69) is 5.32 Å². The lowest BCUT2D eigenvalue weighted by Crippen LogP contribution is -2.23. The molecule has 4 rings (SSSR count). The quantitative estimate of drug-likeness (QED) is 0.322. The lowest BCUT2D eigenvalue weighted by molar-refractivity contribution is -0.137. The number of rotatable bonds is 5. The molecule has 0 unspecified atom stereocenters. The predicted molar refractivity (Wildman–Crippen MR) is 124 cm³/mol. The maximum atomic E-state index is 13.2. The molecule has 0 atom stereocenters. The molecule has 1 amide bonds. The first-order valence-corrected chi connectivity index (χ1v) is 10.5. The Kier molecular flexibility index (Phi) is 6.54. The summed E-state index contributed by atoms with van der Waals surface area (Å²) in [5.74, 6) is -1.07. The average molecular weight is 508 g/mol. The smallest absolute Gasteiger partial charge is 0.416 e. The van der Waals surface area contributed by atoms with Crippen LogP contribution in [0, 0.1) is 0 Å². The zero-order valence-electron chi connectivity index (χ0n) is 17.1. The molecule has 10 heteroatoms. The van der Waals surface area contributed by atoms with Gasteiger partial charge in [-0.05, 0) is 48.5 Å². The van der Waals surface area contributed by atoms with Gasteiger partial charge in [-0.2, -0.15) is 13.2 Å². The number of ether oxygens (including phenoxy) is 1. The highest BCUT2D eigenvalue weighted by Gasteiger charge is 2.30. The fourth-order valence-electron chi connectivity index (χ4n) is 3.21. The highest BCUT2D eigenvalue weighted by atomic mass is 35.5. The highest BCUT2D eigenvalue weighted by Crippen LogP contribution is 2.36. The molecule has 0 saturated carbocycles. The molecule has 0 aliphatic rings. The lowest BCUT2D eigenvalue weighted by atomic mass is 10.1.